The van der Waals surface area contributed by atoms with Gasteiger partial charge in [0.2, 0.25) is 0 Å². The number of halogens is 1. The Bertz CT molecular complexity index is 1360. The second-order valence-electron chi connectivity index (χ2n) is 9.12. The lowest BCUT2D eigenvalue weighted by Crippen LogP contribution is -2.30. The summed E-state index contributed by atoms with van der Waals surface area (Å²) in [6.07, 6.45) is 0. The van der Waals surface area contributed by atoms with Crippen LogP contribution in [0.4, 0.5) is 11.4 Å². The topological polar surface area (TPSA) is 60.9 Å². The molecule has 1 aliphatic heterocycles. The number of nitrogens with zero attached hydrogens (tertiary/aromatic N) is 2. The molecular formula is C30H31BrN2O3. The molecule has 0 radical (unpaired) electrons. The second kappa shape index (κ2) is 10.3. The molecule has 0 aliphatic carbocycles. The monoisotopic (exact) mass is 546 g/mol. The fourth-order valence-electron chi connectivity index (χ4n) is 4.80. The van der Waals surface area contributed by atoms with Crippen molar-refractivity contribution < 1.29 is 14.7 Å². The molecule has 1 unspecified atom stereocenters. The lowest BCUT2D eigenvalue weighted by molar-refractivity contribution is -0.132. The quantitative estimate of drug-likeness (QED) is 0.208. The van der Waals surface area contributed by atoms with E-state index in [4.69, 9.17) is 0 Å². The van der Waals surface area contributed by atoms with Crippen molar-refractivity contribution in [1.82, 2.24) is 0 Å². The third kappa shape index (κ3) is 4.46. The van der Waals surface area contributed by atoms with Crippen molar-refractivity contribution in [3.05, 3.63) is 98.5 Å². The summed E-state index contributed by atoms with van der Waals surface area (Å²) in [5.41, 5.74) is 5.95. The van der Waals surface area contributed by atoms with Crippen LogP contribution in [0, 0.1) is 20.8 Å². The highest BCUT2D eigenvalue weighted by Gasteiger charge is 2.47. The fraction of sp³-hybridized carbons (Fsp3) is 0.267. The van der Waals surface area contributed by atoms with Gasteiger partial charge in [-0.3, -0.25) is 14.5 Å². The summed E-state index contributed by atoms with van der Waals surface area (Å²) in [5.74, 6) is -1.50. The van der Waals surface area contributed by atoms with Gasteiger partial charge in [-0.15, -0.1) is 0 Å². The van der Waals surface area contributed by atoms with Crippen molar-refractivity contribution in [2.75, 3.05) is 22.9 Å². The maximum atomic E-state index is 13.5. The molecule has 6 heteroatoms. The van der Waals surface area contributed by atoms with Gasteiger partial charge >= 0.3 is 0 Å². The van der Waals surface area contributed by atoms with Gasteiger partial charge in [0, 0.05) is 34.5 Å². The number of rotatable bonds is 6. The molecule has 1 heterocycles. The van der Waals surface area contributed by atoms with Crippen molar-refractivity contribution >= 4 is 44.8 Å². The number of benzene rings is 3. The molecule has 3 aromatic carbocycles. The minimum atomic E-state index is -0.750. The van der Waals surface area contributed by atoms with E-state index in [1.165, 1.54) is 4.90 Å². The molecule has 5 nitrogen and oxygen atoms in total. The molecule has 3 aromatic rings. The number of hydrogen-bond donors (Lipinski definition) is 1. The Morgan fingerprint density at radius 3 is 2.22 bits per heavy atom. The second-order valence-corrected chi connectivity index (χ2v) is 9.97. The maximum absolute atomic E-state index is 13.5. The predicted molar refractivity (Wildman–Crippen MR) is 150 cm³/mol. The minimum Gasteiger partial charge on any atom is -0.507 e. The van der Waals surface area contributed by atoms with Gasteiger partial charge in [-0.05, 0) is 87.2 Å². The average molecular weight is 547 g/mol. The number of hydrogen-bond acceptors (Lipinski definition) is 4. The summed E-state index contributed by atoms with van der Waals surface area (Å²) in [6.45, 7) is 11.8. The highest BCUT2D eigenvalue weighted by atomic mass is 79.9. The zero-order valence-electron chi connectivity index (χ0n) is 21.3. The third-order valence-corrected chi connectivity index (χ3v) is 7.94. The standard InChI is InChI=1S/C30H31BrN2O3/c1-6-32(7-2)23-14-11-21(12-15-23)27-26(28(34)22-13-16-24(31)19(4)17-22)29(35)30(36)33(27)25-10-8-9-18(3)20(25)5/h8-17,27,34H,6-7H2,1-5H3/b28-26+. The summed E-state index contributed by atoms with van der Waals surface area (Å²) >= 11 is 3.49. The molecule has 1 N–H and O–H groups in total. The molecule has 0 bridgehead atoms. The van der Waals surface area contributed by atoms with E-state index in [9.17, 15) is 14.7 Å². The van der Waals surface area contributed by atoms with Crippen molar-refractivity contribution in [3.8, 4) is 0 Å². The van der Waals surface area contributed by atoms with E-state index < -0.39 is 17.7 Å². The number of aliphatic hydroxyl groups is 1. The predicted octanol–water partition coefficient (Wildman–Crippen LogP) is 6.85. The lowest BCUT2D eigenvalue weighted by atomic mass is 9.94. The summed E-state index contributed by atoms with van der Waals surface area (Å²) in [6, 6.07) is 18.3. The Balaban J connectivity index is 1.94. The number of aryl methyl sites for hydroxylation is 2. The number of carbonyl (C=O) groups excluding carboxylic acids is 2. The summed E-state index contributed by atoms with van der Waals surface area (Å²) < 4.78 is 0.901. The van der Waals surface area contributed by atoms with Crippen LogP contribution >= 0.6 is 15.9 Å². The number of amides is 1. The average Bonchev–Trinajstić information content (AvgIpc) is 3.13. The Morgan fingerprint density at radius 2 is 1.61 bits per heavy atom. The van der Waals surface area contributed by atoms with Gasteiger partial charge in [-0.2, -0.15) is 0 Å². The SMILES string of the molecule is CCN(CC)c1ccc(C2/C(=C(\O)c3ccc(Br)c(C)c3)C(=O)C(=O)N2c2cccc(C)c2C)cc1. The molecule has 1 aliphatic rings. The van der Waals surface area contributed by atoms with E-state index in [1.807, 2.05) is 75.4 Å². The molecule has 1 atom stereocenters. The van der Waals surface area contributed by atoms with Crippen LogP contribution in [-0.2, 0) is 9.59 Å². The third-order valence-electron chi connectivity index (χ3n) is 7.05. The first-order valence-electron chi connectivity index (χ1n) is 12.2. The maximum Gasteiger partial charge on any atom is 0.300 e. The van der Waals surface area contributed by atoms with E-state index >= 15 is 0 Å². The number of carbonyl (C=O) groups is 2. The van der Waals surface area contributed by atoms with E-state index in [2.05, 4.69) is 34.7 Å². The number of ketones is 1. The first-order chi connectivity index (χ1) is 17.2. The van der Waals surface area contributed by atoms with Gasteiger partial charge in [0.05, 0.1) is 11.6 Å². The van der Waals surface area contributed by atoms with Gasteiger partial charge in [0.1, 0.15) is 5.76 Å². The Kier molecular flexibility index (Phi) is 7.36. The Labute approximate surface area is 221 Å². The van der Waals surface area contributed by atoms with Crippen LogP contribution in [0.3, 0.4) is 0 Å². The molecule has 1 fully saturated rings. The number of anilines is 2. The van der Waals surface area contributed by atoms with E-state index in [-0.39, 0.29) is 11.3 Å². The first kappa shape index (κ1) is 25.7. The molecule has 1 saturated heterocycles. The Morgan fingerprint density at radius 1 is 0.944 bits per heavy atom. The molecule has 4 rings (SSSR count). The summed E-state index contributed by atoms with van der Waals surface area (Å²) in [5, 5.41) is 11.4. The van der Waals surface area contributed by atoms with E-state index in [1.54, 1.807) is 6.07 Å². The van der Waals surface area contributed by atoms with E-state index in [0.29, 0.717) is 11.3 Å². The van der Waals surface area contributed by atoms with Crippen LogP contribution in [0.1, 0.15) is 47.7 Å². The fourth-order valence-corrected chi connectivity index (χ4v) is 5.04. The zero-order chi connectivity index (χ0) is 26.1. The molecular weight excluding hydrogens is 516 g/mol. The van der Waals surface area contributed by atoms with Crippen molar-refractivity contribution in [3.63, 3.8) is 0 Å². The van der Waals surface area contributed by atoms with Gasteiger partial charge in [-0.25, -0.2) is 0 Å². The Hall–Kier alpha value is -3.38. The highest BCUT2D eigenvalue weighted by Crippen LogP contribution is 2.44. The highest BCUT2D eigenvalue weighted by molar-refractivity contribution is 9.10. The van der Waals surface area contributed by atoms with Gasteiger partial charge in [0.15, 0.2) is 0 Å². The van der Waals surface area contributed by atoms with Crippen LogP contribution in [0.2, 0.25) is 0 Å². The normalized spacial score (nSPS) is 17.1. The molecule has 186 valence electrons. The molecule has 1 amide bonds. The van der Waals surface area contributed by atoms with Gasteiger partial charge in [0.25, 0.3) is 11.7 Å². The smallest absolute Gasteiger partial charge is 0.300 e. The van der Waals surface area contributed by atoms with Crippen molar-refractivity contribution in [2.45, 2.75) is 40.7 Å². The molecule has 36 heavy (non-hydrogen) atoms. The minimum absolute atomic E-state index is 0.0956. The van der Waals surface area contributed by atoms with Crippen LogP contribution in [0.15, 0.2) is 70.7 Å². The van der Waals surface area contributed by atoms with Crippen molar-refractivity contribution in [2.24, 2.45) is 0 Å². The molecule has 0 saturated carbocycles. The molecule has 0 aromatic heterocycles. The largest absolute Gasteiger partial charge is 0.507 e. The van der Waals surface area contributed by atoms with Crippen LogP contribution < -0.4 is 9.80 Å². The lowest BCUT2D eigenvalue weighted by Gasteiger charge is -2.28. The summed E-state index contributed by atoms with van der Waals surface area (Å²) in [4.78, 5) is 30.7. The summed E-state index contributed by atoms with van der Waals surface area (Å²) in [7, 11) is 0. The van der Waals surface area contributed by atoms with E-state index in [0.717, 1.165) is 45.5 Å². The van der Waals surface area contributed by atoms with Gasteiger partial charge in [-0.1, -0.05) is 46.3 Å². The van der Waals surface area contributed by atoms with Crippen molar-refractivity contribution in [1.29, 1.82) is 0 Å². The number of Topliss-reactive ketones (excluding diaryl/α,β-unsaturated/α-hetero) is 1. The van der Waals surface area contributed by atoms with Crippen LogP contribution in [0.25, 0.3) is 5.76 Å². The zero-order valence-corrected chi connectivity index (χ0v) is 22.9. The van der Waals surface area contributed by atoms with Crippen LogP contribution in [-0.4, -0.2) is 29.9 Å². The first-order valence-corrected chi connectivity index (χ1v) is 13.0. The van der Waals surface area contributed by atoms with Crippen LogP contribution in [0.5, 0.6) is 0 Å². The number of aliphatic hydroxyl groups excluding tert-OH is 1. The van der Waals surface area contributed by atoms with Gasteiger partial charge < -0.3 is 10.0 Å². The molecule has 0 spiro atoms.